The molecule has 2 aromatic heterocycles. The number of nitrogens with zero attached hydrogens (tertiary/aromatic N) is 2. The van der Waals surface area contributed by atoms with Crippen molar-refractivity contribution in [2.24, 2.45) is 5.73 Å². The first-order valence-electron chi connectivity index (χ1n) is 6.55. The van der Waals surface area contributed by atoms with E-state index in [4.69, 9.17) is 17.3 Å². The van der Waals surface area contributed by atoms with Gasteiger partial charge in [0, 0.05) is 11.9 Å². The second-order valence-electron chi connectivity index (χ2n) is 4.61. The molecule has 0 spiro atoms. The van der Waals surface area contributed by atoms with Crippen LogP contribution in [0.2, 0.25) is 4.34 Å². The van der Waals surface area contributed by atoms with Gasteiger partial charge in [-0.1, -0.05) is 11.6 Å². The minimum absolute atomic E-state index is 0.192. The number of nitrogens with two attached hydrogens (primary N) is 1. The molecule has 3 aromatic rings. The number of carbonyl (C=O) groups excluding carboxylic acids is 2. The zero-order chi connectivity index (χ0) is 16.4. The second kappa shape index (κ2) is 6.23. The first-order chi connectivity index (χ1) is 11.0. The Morgan fingerprint density at radius 1 is 1.13 bits per heavy atom. The molecule has 23 heavy (non-hydrogen) atoms. The fraction of sp³-hybridized carbons (Fsp3) is 0. The van der Waals surface area contributed by atoms with E-state index >= 15 is 0 Å². The van der Waals surface area contributed by atoms with E-state index in [1.807, 2.05) is 0 Å². The number of anilines is 1. The van der Waals surface area contributed by atoms with Crippen molar-refractivity contribution in [3.8, 4) is 5.69 Å². The molecule has 3 N–H and O–H groups in total. The zero-order valence-corrected chi connectivity index (χ0v) is 13.3. The maximum absolute atomic E-state index is 12.0. The van der Waals surface area contributed by atoms with E-state index in [1.165, 1.54) is 16.0 Å². The van der Waals surface area contributed by atoms with E-state index in [-0.39, 0.29) is 11.6 Å². The van der Waals surface area contributed by atoms with Gasteiger partial charge in [-0.05, 0) is 42.5 Å². The third kappa shape index (κ3) is 3.41. The molecule has 1 aromatic carbocycles. The number of rotatable bonds is 4. The number of amides is 2. The molecule has 0 aliphatic carbocycles. The summed E-state index contributed by atoms with van der Waals surface area (Å²) in [6.45, 7) is 0. The third-order valence-corrected chi connectivity index (χ3v) is 4.26. The van der Waals surface area contributed by atoms with Gasteiger partial charge < -0.3 is 11.1 Å². The molecular weight excluding hydrogens is 336 g/mol. The van der Waals surface area contributed by atoms with E-state index in [1.54, 1.807) is 48.7 Å². The lowest BCUT2D eigenvalue weighted by Crippen LogP contribution is -2.12. The highest BCUT2D eigenvalue weighted by Gasteiger charge is 2.09. The smallest absolute Gasteiger partial charge is 0.269 e. The number of carbonyl (C=O) groups is 2. The molecule has 0 radical (unpaired) electrons. The van der Waals surface area contributed by atoms with Gasteiger partial charge in [0.15, 0.2) is 0 Å². The Kier molecular flexibility index (Phi) is 4.14. The molecule has 0 fully saturated rings. The molecule has 0 saturated carbocycles. The first kappa shape index (κ1) is 15.3. The van der Waals surface area contributed by atoms with Gasteiger partial charge in [-0.25, -0.2) is 4.68 Å². The van der Waals surface area contributed by atoms with Gasteiger partial charge in [-0.3, -0.25) is 9.59 Å². The number of hydrogen-bond acceptors (Lipinski definition) is 4. The lowest BCUT2D eigenvalue weighted by Gasteiger charge is -2.05. The maximum atomic E-state index is 12.0. The molecule has 0 bridgehead atoms. The van der Waals surface area contributed by atoms with Crippen LogP contribution in [-0.2, 0) is 0 Å². The van der Waals surface area contributed by atoms with Crippen molar-refractivity contribution in [3.05, 3.63) is 63.6 Å². The normalized spacial score (nSPS) is 10.5. The number of hydrogen-bond donors (Lipinski definition) is 2. The minimum atomic E-state index is -0.581. The molecule has 3 rings (SSSR count). The van der Waals surface area contributed by atoms with Crippen LogP contribution in [0, 0.1) is 0 Å². The average Bonchev–Trinajstić information content (AvgIpc) is 3.17. The molecule has 2 heterocycles. The van der Waals surface area contributed by atoms with Gasteiger partial charge in [0.2, 0.25) is 0 Å². The second-order valence-corrected chi connectivity index (χ2v) is 6.33. The van der Waals surface area contributed by atoms with Gasteiger partial charge in [0.05, 0.1) is 14.9 Å². The van der Waals surface area contributed by atoms with Crippen LogP contribution in [0.3, 0.4) is 0 Å². The molecule has 0 saturated heterocycles. The monoisotopic (exact) mass is 346 g/mol. The van der Waals surface area contributed by atoms with Crippen molar-refractivity contribution in [3.63, 3.8) is 0 Å². The Morgan fingerprint density at radius 3 is 2.43 bits per heavy atom. The zero-order valence-electron chi connectivity index (χ0n) is 11.7. The molecule has 8 heteroatoms. The number of aromatic nitrogens is 2. The fourth-order valence-electron chi connectivity index (χ4n) is 1.93. The minimum Gasteiger partial charge on any atom is -0.364 e. The lowest BCUT2D eigenvalue weighted by molar-refractivity contribution is 0.0993. The summed E-state index contributed by atoms with van der Waals surface area (Å²) >= 11 is 7.03. The summed E-state index contributed by atoms with van der Waals surface area (Å²) in [5.41, 5.74) is 6.75. The van der Waals surface area contributed by atoms with E-state index < -0.39 is 5.91 Å². The maximum Gasteiger partial charge on any atom is 0.269 e. The molecule has 0 unspecified atom stereocenters. The van der Waals surface area contributed by atoms with Crippen molar-refractivity contribution in [2.45, 2.75) is 0 Å². The Bertz CT molecular complexity index is 870. The van der Waals surface area contributed by atoms with Gasteiger partial charge >= 0.3 is 0 Å². The Morgan fingerprint density at radius 2 is 1.87 bits per heavy atom. The lowest BCUT2D eigenvalue weighted by atomic mass is 10.2. The van der Waals surface area contributed by atoms with Crippen LogP contribution in [-0.4, -0.2) is 21.6 Å². The van der Waals surface area contributed by atoms with Crippen LogP contribution in [0.4, 0.5) is 5.69 Å². The van der Waals surface area contributed by atoms with Crippen LogP contribution in [0.15, 0.2) is 48.7 Å². The largest absolute Gasteiger partial charge is 0.364 e. The van der Waals surface area contributed by atoms with Gasteiger partial charge in [0.25, 0.3) is 11.8 Å². The number of primary amides is 1. The van der Waals surface area contributed by atoms with Crippen molar-refractivity contribution in [2.75, 3.05) is 5.32 Å². The summed E-state index contributed by atoms with van der Waals surface area (Å²) in [4.78, 5) is 23.6. The predicted molar refractivity (Wildman–Crippen MR) is 89.4 cm³/mol. The summed E-state index contributed by atoms with van der Waals surface area (Å²) < 4.78 is 2.10. The SMILES string of the molecule is NC(=O)c1ccn(-c2ccc(NC(=O)c3ccc(Cl)s3)cc2)n1. The molecule has 0 aliphatic rings. The van der Waals surface area contributed by atoms with Crippen LogP contribution in [0.1, 0.15) is 20.2 Å². The highest BCUT2D eigenvalue weighted by Crippen LogP contribution is 2.22. The number of nitrogens with one attached hydrogen (secondary N) is 1. The summed E-state index contributed by atoms with van der Waals surface area (Å²) in [6, 6.07) is 11.9. The predicted octanol–water partition coefficient (Wildman–Crippen LogP) is 2.94. The fourth-order valence-corrected chi connectivity index (χ4v) is 2.86. The van der Waals surface area contributed by atoms with E-state index in [0.717, 1.165) is 5.69 Å². The molecule has 2 amide bonds. The summed E-state index contributed by atoms with van der Waals surface area (Å²) in [7, 11) is 0. The van der Waals surface area contributed by atoms with E-state index in [0.29, 0.717) is 14.9 Å². The van der Waals surface area contributed by atoms with Gasteiger partial charge in [-0.15, -0.1) is 11.3 Å². The van der Waals surface area contributed by atoms with Gasteiger partial charge in [0.1, 0.15) is 5.69 Å². The summed E-state index contributed by atoms with van der Waals surface area (Å²) in [5, 5.41) is 6.85. The molecule has 116 valence electrons. The topological polar surface area (TPSA) is 90.0 Å². The van der Waals surface area contributed by atoms with Crippen LogP contribution in [0.25, 0.3) is 5.69 Å². The van der Waals surface area contributed by atoms with Crippen molar-refractivity contribution < 1.29 is 9.59 Å². The molecule has 0 aliphatic heterocycles. The quantitative estimate of drug-likeness (QED) is 0.761. The van der Waals surface area contributed by atoms with Crippen LogP contribution >= 0.6 is 22.9 Å². The number of halogens is 1. The van der Waals surface area contributed by atoms with E-state index in [9.17, 15) is 9.59 Å². The number of benzene rings is 1. The highest BCUT2D eigenvalue weighted by molar-refractivity contribution is 7.18. The molecule has 0 atom stereocenters. The standard InChI is InChI=1S/C15H11ClN4O2S/c16-13-6-5-12(23-13)15(22)18-9-1-3-10(4-2-9)20-8-7-11(19-20)14(17)21/h1-8H,(H2,17,21)(H,18,22). The van der Waals surface area contributed by atoms with Crippen molar-refractivity contribution >= 4 is 40.4 Å². The third-order valence-electron chi connectivity index (χ3n) is 3.03. The molecule has 6 nitrogen and oxygen atoms in total. The summed E-state index contributed by atoms with van der Waals surface area (Å²) in [6.07, 6.45) is 1.64. The Labute approximate surface area is 140 Å². The number of thiophene rings is 1. The first-order valence-corrected chi connectivity index (χ1v) is 7.75. The molecular formula is C15H11ClN4O2S. The summed E-state index contributed by atoms with van der Waals surface area (Å²) in [5.74, 6) is -0.799. The van der Waals surface area contributed by atoms with Gasteiger partial charge in [-0.2, -0.15) is 5.10 Å². The van der Waals surface area contributed by atoms with Crippen LogP contribution in [0.5, 0.6) is 0 Å². The van der Waals surface area contributed by atoms with Crippen LogP contribution < -0.4 is 11.1 Å². The highest BCUT2D eigenvalue weighted by atomic mass is 35.5. The average molecular weight is 347 g/mol. The Hall–Kier alpha value is -2.64. The van der Waals surface area contributed by atoms with Crippen molar-refractivity contribution in [1.82, 2.24) is 9.78 Å². The Balaban J connectivity index is 1.74. The van der Waals surface area contributed by atoms with Crippen molar-refractivity contribution in [1.29, 1.82) is 0 Å². The van der Waals surface area contributed by atoms with E-state index in [2.05, 4.69) is 10.4 Å².